The summed E-state index contributed by atoms with van der Waals surface area (Å²) in [5.74, 6) is 6.86. The van der Waals surface area contributed by atoms with Gasteiger partial charge in [-0.1, -0.05) is 20.8 Å². The molecule has 2 unspecified atom stereocenters. The van der Waals surface area contributed by atoms with E-state index in [9.17, 15) is 10.2 Å². The molecule has 0 saturated carbocycles. The van der Waals surface area contributed by atoms with E-state index in [4.69, 9.17) is 16.3 Å². The molecular weight excluding hydrogens is 448 g/mol. The highest BCUT2D eigenvalue weighted by Crippen LogP contribution is 2.39. The molecule has 3 heterocycles. The molecule has 0 amide bonds. The fourth-order valence-electron chi connectivity index (χ4n) is 5.58. The first kappa shape index (κ1) is 27.4. The molecule has 6 N–H and O–H groups in total. The summed E-state index contributed by atoms with van der Waals surface area (Å²) in [6.07, 6.45) is 7.10. The van der Waals surface area contributed by atoms with Gasteiger partial charge in [-0.05, 0) is 50.3 Å². The number of hydrogen-bond acceptors (Lipinski definition) is 8. The maximum Gasteiger partial charge on any atom is 0.0759 e. The van der Waals surface area contributed by atoms with Crippen LogP contribution in [0.4, 0.5) is 0 Å². The summed E-state index contributed by atoms with van der Waals surface area (Å²) < 4.78 is 5.43. The van der Waals surface area contributed by atoms with Crippen LogP contribution in [0.25, 0.3) is 0 Å². The lowest BCUT2D eigenvalue weighted by Crippen LogP contribution is -2.54. The van der Waals surface area contributed by atoms with Crippen molar-refractivity contribution in [1.82, 2.24) is 9.91 Å². The van der Waals surface area contributed by atoms with Gasteiger partial charge < -0.3 is 25.7 Å². The fraction of sp³-hybridized carbons (Fsp3) is 0.769. The van der Waals surface area contributed by atoms with Crippen LogP contribution in [-0.2, 0) is 17.6 Å². The van der Waals surface area contributed by atoms with Crippen LogP contribution >= 0.6 is 11.3 Å². The highest BCUT2D eigenvalue weighted by molar-refractivity contribution is 7.12. The molecule has 194 valence electrons. The van der Waals surface area contributed by atoms with E-state index in [-0.39, 0.29) is 12.0 Å². The maximum atomic E-state index is 11.1. The minimum absolute atomic E-state index is 0.212. The quantitative estimate of drug-likeness (QED) is 0.292. The van der Waals surface area contributed by atoms with Crippen LogP contribution in [0.15, 0.2) is 18.0 Å². The van der Waals surface area contributed by atoms with Crippen LogP contribution in [-0.4, -0.2) is 71.2 Å². The Labute approximate surface area is 209 Å². The predicted octanol–water partition coefficient (Wildman–Crippen LogP) is 2.96. The monoisotopic (exact) mass is 494 g/mol. The Bertz CT molecular complexity index is 819. The number of nitrogens with two attached hydrogens (primary N) is 2. The van der Waals surface area contributed by atoms with Crippen LogP contribution in [0.1, 0.15) is 74.6 Å². The summed E-state index contributed by atoms with van der Waals surface area (Å²) in [6.45, 7) is 12.2. The summed E-state index contributed by atoms with van der Waals surface area (Å²) >= 11 is 1.86. The van der Waals surface area contributed by atoms with Gasteiger partial charge in [0.15, 0.2) is 0 Å². The Morgan fingerprint density at radius 2 is 2.09 bits per heavy atom. The van der Waals surface area contributed by atoms with Crippen LogP contribution in [0.2, 0.25) is 0 Å². The lowest BCUT2D eigenvalue weighted by Gasteiger charge is -2.46. The SMILES string of the molecule is CCc1cc(C2CCN(C/C(N)=C/N(N)CC(C)(C)C3(O)CCOCC3)C(C)C2)c(CCO)s1. The number of likely N-dealkylation sites (tertiary alicyclic amines) is 1. The number of rotatable bonds is 10. The van der Waals surface area contributed by atoms with Gasteiger partial charge in [0.2, 0.25) is 0 Å². The molecule has 2 aliphatic rings. The van der Waals surface area contributed by atoms with Crippen molar-refractivity contribution < 1.29 is 14.9 Å². The van der Waals surface area contributed by atoms with E-state index in [2.05, 4.69) is 38.7 Å². The smallest absolute Gasteiger partial charge is 0.0759 e. The molecule has 0 aromatic carbocycles. The predicted molar refractivity (Wildman–Crippen MR) is 139 cm³/mol. The number of aliphatic hydroxyl groups excluding tert-OH is 1. The minimum Gasteiger partial charge on any atom is -0.400 e. The third-order valence-corrected chi connectivity index (χ3v) is 9.26. The molecule has 2 saturated heterocycles. The van der Waals surface area contributed by atoms with Crippen LogP contribution in [0.5, 0.6) is 0 Å². The van der Waals surface area contributed by atoms with Gasteiger partial charge >= 0.3 is 0 Å². The fourth-order valence-corrected chi connectivity index (χ4v) is 6.76. The Kier molecular flexibility index (Phi) is 9.45. The Hall–Kier alpha value is -1.16. The molecule has 3 rings (SSSR count). The zero-order valence-electron chi connectivity index (χ0n) is 21.6. The van der Waals surface area contributed by atoms with Crippen LogP contribution < -0.4 is 11.6 Å². The Balaban J connectivity index is 1.56. The van der Waals surface area contributed by atoms with Crippen molar-refractivity contribution in [3.05, 3.63) is 33.3 Å². The number of nitrogens with zero attached hydrogens (tertiary/aromatic N) is 2. The van der Waals surface area contributed by atoms with E-state index in [1.54, 1.807) is 5.01 Å². The minimum atomic E-state index is -0.782. The second-order valence-electron chi connectivity index (χ2n) is 10.9. The van der Waals surface area contributed by atoms with Crippen molar-refractivity contribution in [2.45, 2.75) is 83.8 Å². The van der Waals surface area contributed by atoms with Crippen molar-refractivity contribution >= 4 is 11.3 Å². The number of aliphatic hydroxyl groups is 2. The van der Waals surface area contributed by atoms with E-state index in [1.807, 2.05) is 17.5 Å². The number of thiophene rings is 1. The maximum absolute atomic E-state index is 11.1. The second-order valence-corrected chi connectivity index (χ2v) is 12.1. The molecule has 0 bridgehead atoms. The number of aryl methyl sites for hydroxylation is 1. The average Bonchev–Trinajstić information content (AvgIpc) is 3.18. The third kappa shape index (κ3) is 6.53. The lowest BCUT2D eigenvalue weighted by molar-refractivity contribution is -0.137. The first-order chi connectivity index (χ1) is 16.1. The Morgan fingerprint density at radius 1 is 1.38 bits per heavy atom. The summed E-state index contributed by atoms with van der Waals surface area (Å²) in [5, 5.41) is 22.3. The van der Waals surface area contributed by atoms with Crippen molar-refractivity contribution in [3.63, 3.8) is 0 Å². The van der Waals surface area contributed by atoms with Gasteiger partial charge in [0, 0.05) is 85.3 Å². The molecule has 0 aliphatic carbocycles. The van der Waals surface area contributed by atoms with Gasteiger partial charge in [0.05, 0.1) is 5.60 Å². The summed E-state index contributed by atoms with van der Waals surface area (Å²) in [6, 6.07) is 2.79. The summed E-state index contributed by atoms with van der Waals surface area (Å²) in [5.41, 5.74) is 7.45. The number of piperidine rings is 1. The molecule has 8 heteroatoms. The standard InChI is InChI=1S/C26H46N4O3S/c1-5-22-15-23(24(34-22)7-11-31)20-6-10-29(19(2)14-20)16-21(27)17-30(28)18-25(3,4)26(32)8-12-33-13-9-26/h15,17,19-20,31-32H,5-14,16,18,27-28H2,1-4H3/b21-17-. The molecule has 34 heavy (non-hydrogen) atoms. The summed E-state index contributed by atoms with van der Waals surface area (Å²) in [4.78, 5) is 5.21. The lowest BCUT2D eigenvalue weighted by atomic mass is 9.70. The molecule has 0 radical (unpaired) electrons. The first-order valence-corrected chi connectivity index (χ1v) is 13.6. The zero-order chi connectivity index (χ0) is 24.9. The van der Waals surface area contributed by atoms with Crippen LogP contribution in [0, 0.1) is 5.41 Å². The molecule has 2 fully saturated rings. The molecular formula is C26H46N4O3S. The van der Waals surface area contributed by atoms with Gasteiger partial charge in [-0.25, -0.2) is 5.84 Å². The van der Waals surface area contributed by atoms with E-state index >= 15 is 0 Å². The van der Waals surface area contributed by atoms with Crippen molar-refractivity contribution in [3.8, 4) is 0 Å². The third-order valence-electron chi connectivity index (χ3n) is 7.91. The molecule has 0 spiro atoms. The Morgan fingerprint density at radius 3 is 2.71 bits per heavy atom. The number of hydrogen-bond donors (Lipinski definition) is 4. The normalized spacial score (nSPS) is 24.4. The zero-order valence-corrected chi connectivity index (χ0v) is 22.4. The molecule has 2 aliphatic heterocycles. The number of hydrazine groups is 1. The molecule has 1 aromatic rings. The van der Waals surface area contributed by atoms with Gasteiger partial charge in [-0.3, -0.25) is 4.90 Å². The van der Waals surface area contributed by atoms with E-state index in [1.165, 1.54) is 15.3 Å². The first-order valence-electron chi connectivity index (χ1n) is 12.8. The van der Waals surface area contributed by atoms with E-state index in [0.29, 0.717) is 51.1 Å². The van der Waals surface area contributed by atoms with E-state index < -0.39 is 5.60 Å². The highest BCUT2D eigenvalue weighted by atomic mass is 32.1. The van der Waals surface area contributed by atoms with Crippen molar-refractivity contribution in [2.24, 2.45) is 17.0 Å². The van der Waals surface area contributed by atoms with Gasteiger partial charge in [0.25, 0.3) is 0 Å². The topological polar surface area (TPSA) is 108 Å². The van der Waals surface area contributed by atoms with Gasteiger partial charge in [-0.2, -0.15) is 0 Å². The van der Waals surface area contributed by atoms with Crippen molar-refractivity contribution in [2.75, 3.05) is 39.5 Å². The van der Waals surface area contributed by atoms with E-state index in [0.717, 1.165) is 37.9 Å². The second kappa shape index (κ2) is 11.7. The van der Waals surface area contributed by atoms with Gasteiger partial charge in [0.1, 0.15) is 0 Å². The van der Waals surface area contributed by atoms with Crippen molar-refractivity contribution in [1.29, 1.82) is 0 Å². The largest absolute Gasteiger partial charge is 0.400 e. The molecule has 2 atom stereocenters. The molecule has 7 nitrogen and oxygen atoms in total. The summed E-state index contributed by atoms with van der Waals surface area (Å²) in [7, 11) is 0. The number of ether oxygens (including phenoxy) is 1. The van der Waals surface area contributed by atoms with Gasteiger partial charge in [-0.15, -0.1) is 11.3 Å². The molecule has 1 aromatic heterocycles. The average molecular weight is 495 g/mol. The van der Waals surface area contributed by atoms with Crippen LogP contribution in [0.3, 0.4) is 0 Å². The highest BCUT2D eigenvalue weighted by Gasteiger charge is 2.45.